The molecule has 0 spiro atoms. The standard InChI is InChI=1S/CH2O.CHO.Co.Fe/c2*1-2;;/h1H2;1H;;. The molecule has 4 heteroatoms. The zero-order chi connectivity index (χ0) is 4.71. The summed E-state index contributed by atoms with van der Waals surface area (Å²) in [6, 6.07) is 0. The van der Waals surface area contributed by atoms with E-state index in [1.807, 2.05) is 6.79 Å². The fourth-order valence-electron chi connectivity index (χ4n) is 0. The predicted octanol–water partition coefficient (Wildman–Crippen LogP) is -0.464. The molecule has 0 saturated carbocycles. The van der Waals surface area contributed by atoms with Crippen LogP contribution in [0.3, 0.4) is 0 Å². The third-order valence-corrected chi connectivity index (χ3v) is 0. The minimum atomic E-state index is 0. The number of carbonyl (C=O) groups excluding carboxylic acids is 2. The van der Waals surface area contributed by atoms with Gasteiger partial charge in [0.25, 0.3) is 0 Å². The number of hydrogen-bond acceptors (Lipinski definition) is 2. The van der Waals surface area contributed by atoms with Crippen LogP contribution in [0, 0.1) is 0 Å². The van der Waals surface area contributed by atoms with Crippen molar-refractivity contribution >= 4 is 12.0 Å². The maximum absolute atomic E-state index is 8.67. The van der Waals surface area contributed by atoms with Crippen molar-refractivity contribution in [3.8, 4) is 0 Å². The zero-order valence-corrected chi connectivity index (χ0v) is 4.93. The summed E-state index contributed by atoms with van der Waals surface area (Å²) in [7, 11) is 0. The van der Waals surface area contributed by atoms with Crippen LogP contribution >= 0.6 is 0 Å². The summed E-state index contributed by atoms with van der Waals surface area (Å²) in [5.74, 6) is 0. The van der Waals surface area contributed by atoms with Gasteiger partial charge in [-0.3, -0.25) is 0 Å². The van der Waals surface area contributed by atoms with Crippen molar-refractivity contribution in [1.82, 2.24) is 0 Å². The first kappa shape index (κ1) is 16.2. The number of rotatable bonds is 0. The SMILES string of the molecule is C=O.O=[CH][Co].[Fe]. The summed E-state index contributed by atoms with van der Waals surface area (Å²) in [5.41, 5.74) is 0. The van der Waals surface area contributed by atoms with Crippen molar-refractivity contribution < 1.29 is 42.4 Å². The second-order valence-electron chi connectivity index (χ2n) is 0.0786. The quantitative estimate of drug-likeness (QED) is 0.367. The maximum Gasteiger partial charge on any atom is 0 e. The topological polar surface area (TPSA) is 34.1 Å². The van der Waals surface area contributed by atoms with Gasteiger partial charge in [0, 0.05) is 17.1 Å². The molecule has 0 N–H and O–H groups in total. The van der Waals surface area contributed by atoms with Crippen molar-refractivity contribution in [2.75, 3.05) is 0 Å². The van der Waals surface area contributed by atoms with Crippen molar-refractivity contribution in [2.24, 2.45) is 0 Å². The van der Waals surface area contributed by atoms with E-state index in [0.29, 0.717) is 5.22 Å². The van der Waals surface area contributed by atoms with Crippen LogP contribution in [0.1, 0.15) is 0 Å². The Kier molecular flexibility index (Phi) is 148. The maximum atomic E-state index is 8.67. The average molecular weight is 174 g/mol. The van der Waals surface area contributed by atoms with E-state index >= 15 is 0 Å². The van der Waals surface area contributed by atoms with Crippen molar-refractivity contribution in [3.63, 3.8) is 0 Å². The molecule has 0 rings (SSSR count). The molecule has 0 radical (unpaired) electrons. The van der Waals surface area contributed by atoms with E-state index < -0.39 is 0 Å². The van der Waals surface area contributed by atoms with E-state index in [2.05, 4.69) is 15.7 Å². The van der Waals surface area contributed by atoms with Gasteiger partial charge in [0.15, 0.2) is 0 Å². The van der Waals surface area contributed by atoms with Crippen LogP contribution < -0.4 is 0 Å². The smallest absolute Gasteiger partial charge is 0 e. The largest absolute Gasteiger partial charge is 0 e. The van der Waals surface area contributed by atoms with Gasteiger partial charge in [-0.2, -0.15) is 0 Å². The molecule has 0 aliphatic heterocycles. The van der Waals surface area contributed by atoms with Gasteiger partial charge in [-0.1, -0.05) is 0 Å². The minimum absolute atomic E-state index is 0. The van der Waals surface area contributed by atoms with E-state index in [0.717, 1.165) is 0 Å². The van der Waals surface area contributed by atoms with Crippen molar-refractivity contribution in [3.05, 3.63) is 0 Å². The van der Waals surface area contributed by atoms with E-state index in [1.165, 1.54) is 0 Å². The third kappa shape index (κ3) is 369. The monoisotopic (exact) mass is 174 g/mol. The van der Waals surface area contributed by atoms with Gasteiger partial charge in [0.2, 0.25) is 0 Å². The molecule has 0 aromatic heterocycles. The zero-order valence-electron chi connectivity index (χ0n) is 2.79. The number of hydrogen-bond donors (Lipinski definition) is 0. The molecule has 0 amide bonds. The summed E-state index contributed by atoms with van der Waals surface area (Å²) >= 11 is 3.15. The first-order valence-electron chi connectivity index (χ1n) is 0.717. The summed E-state index contributed by atoms with van der Waals surface area (Å²) < 4.78 is 0. The Morgan fingerprint density at radius 2 is 1.50 bits per heavy atom. The third-order valence-electron chi connectivity index (χ3n) is 0. The molecule has 0 atom stereocenters. The van der Waals surface area contributed by atoms with E-state index in [1.54, 1.807) is 0 Å². The van der Waals surface area contributed by atoms with Gasteiger partial charge >= 0.3 is 25.8 Å². The Morgan fingerprint density at radius 3 is 1.50 bits per heavy atom. The van der Waals surface area contributed by atoms with Gasteiger partial charge < -0.3 is 4.79 Å². The van der Waals surface area contributed by atoms with Crippen LogP contribution in [0.25, 0.3) is 0 Å². The Labute approximate surface area is 54.7 Å². The van der Waals surface area contributed by atoms with Crippen LogP contribution in [0.15, 0.2) is 0 Å². The van der Waals surface area contributed by atoms with Gasteiger partial charge in [-0.25, -0.2) is 0 Å². The Morgan fingerprint density at radius 1 is 1.50 bits per heavy atom. The Bertz CT molecular complexity index is 25.5. The van der Waals surface area contributed by atoms with Gasteiger partial charge in [0.05, 0.1) is 0 Å². The molecular weight excluding hydrogens is 171 g/mol. The molecule has 0 aliphatic carbocycles. The molecule has 0 heterocycles. The minimum Gasteiger partial charge on any atom is 0 e. The molecule has 0 saturated heterocycles. The summed E-state index contributed by atoms with van der Waals surface area (Å²) in [4.78, 5) is 16.7. The molecular formula is C2H3CoFeO2. The molecule has 0 bridgehead atoms. The molecule has 6 heavy (non-hydrogen) atoms. The first-order valence-corrected chi connectivity index (χ1v) is 1.32. The first-order chi connectivity index (χ1) is 2.41. The van der Waals surface area contributed by atoms with Crippen LogP contribution in [-0.2, 0) is 42.4 Å². The van der Waals surface area contributed by atoms with Crippen molar-refractivity contribution in [1.29, 1.82) is 0 Å². The van der Waals surface area contributed by atoms with Crippen LogP contribution in [-0.4, -0.2) is 12.0 Å². The molecule has 0 aliphatic rings. The molecule has 0 aromatic carbocycles. The van der Waals surface area contributed by atoms with Crippen molar-refractivity contribution in [2.45, 2.75) is 0 Å². The Hall–Kier alpha value is 0.366. The summed E-state index contributed by atoms with van der Waals surface area (Å²) in [6.45, 7) is 2.00. The van der Waals surface area contributed by atoms with Gasteiger partial charge in [-0.15, -0.1) is 0 Å². The predicted molar refractivity (Wildman–Crippen MR) is 13.9 cm³/mol. The molecule has 40 valence electrons. The van der Waals surface area contributed by atoms with E-state index in [4.69, 9.17) is 9.59 Å². The average Bonchev–Trinajstić information content (AvgIpc) is 1.46. The van der Waals surface area contributed by atoms with E-state index in [-0.39, 0.29) is 17.1 Å². The van der Waals surface area contributed by atoms with Gasteiger partial charge in [-0.05, 0) is 0 Å². The fraction of sp³-hybridized carbons (Fsp3) is 0. The molecule has 0 aromatic rings. The molecule has 0 fully saturated rings. The molecule has 0 unspecified atom stereocenters. The Balaban J connectivity index is -0.0000000275. The number of carbonyl (C=O) groups is 2. The van der Waals surface area contributed by atoms with Crippen LogP contribution in [0.4, 0.5) is 0 Å². The second kappa shape index (κ2) is 54.8. The second-order valence-corrected chi connectivity index (χ2v) is 0.324. The summed E-state index contributed by atoms with van der Waals surface area (Å²) in [5, 5.41) is 0.438. The normalized spacial score (nSPS) is 3.00. The summed E-state index contributed by atoms with van der Waals surface area (Å²) in [6.07, 6.45) is 0. The fourth-order valence-corrected chi connectivity index (χ4v) is 0. The van der Waals surface area contributed by atoms with Crippen LogP contribution in [0.2, 0.25) is 0 Å². The van der Waals surface area contributed by atoms with E-state index in [9.17, 15) is 0 Å². The molecule has 2 nitrogen and oxygen atoms in total. The van der Waals surface area contributed by atoms with Crippen LogP contribution in [0.5, 0.6) is 0 Å². The van der Waals surface area contributed by atoms with Gasteiger partial charge in [0.1, 0.15) is 6.79 Å².